The maximum Gasteiger partial charge on any atom is 0.0107 e. The lowest BCUT2D eigenvalue weighted by atomic mass is 10.1. The molecule has 2 nitrogen and oxygen atoms in total. The molecule has 0 saturated carbocycles. The molecule has 1 saturated heterocycles. The van der Waals surface area contributed by atoms with E-state index in [0.29, 0.717) is 0 Å². The molecule has 72 valence electrons. The quantitative estimate of drug-likeness (QED) is 0.629. The molecule has 1 aliphatic rings. The highest BCUT2D eigenvalue weighted by Crippen LogP contribution is 2.06. The summed E-state index contributed by atoms with van der Waals surface area (Å²) in [5.41, 5.74) is 0. The molecule has 2 heteroatoms. The summed E-state index contributed by atoms with van der Waals surface area (Å²) < 4.78 is 0. The largest absolute Gasteiger partial charge is 0.315 e. The second-order valence-electron chi connectivity index (χ2n) is 3.65. The van der Waals surface area contributed by atoms with Crippen molar-refractivity contribution in [1.82, 2.24) is 10.2 Å². The van der Waals surface area contributed by atoms with E-state index in [2.05, 4.69) is 17.1 Å². The summed E-state index contributed by atoms with van der Waals surface area (Å²) in [6.07, 6.45) is 5.51. The Bertz CT molecular complexity index is 98.0. The first-order valence-electron chi connectivity index (χ1n) is 5.36. The molecule has 0 spiro atoms. The van der Waals surface area contributed by atoms with Crippen LogP contribution >= 0.6 is 0 Å². The Kier molecular flexibility index (Phi) is 5.37. The van der Waals surface area contributed by atoms with E-state index >= 15 is 0 Å². The molecule has 1 rings (SSSR count). The van der Waals surface area contributed by atoms with Crippen LogP contribution in [0.5, 0.6) is 0 Å². The fourth-order valence-electron chi connectivity index (χ4n) is 1.72. The summed E-state index contributed by atoms with van der Waals surface area (Å²) in [5.74, 6) is 0. The highest BCUT2D eigenvalue weighted by atomic mass is 15.1. The molecule has 1 heterocycles. The van der Waals surface area contributed by atoms with Crippen molar-refractivity contribution in [1.29, 1.82) is 0 Å². The van der Waals surface area contributed by atoms with Crippen LogP contribution in [-0.2, 0) is 0 Å². The molecular formula is C10H22N2. The summed E-state index contributed by atoms with van der Waals surface area (Å²) in [5, 5.41) is 3.44. The SMILES string of the molecule is CCCNCCN1CCCCC1. The van der Waals surface area contributed by atoms with Crippen molar-refractivity contribution < 1.29 is 0 Å². The minimum absolute atomic E-state index is 1.17. The van der Waals surface area contributed by atoms with Crippen LogP contribution < -0.4 is 5.32 Å². The highest BCUT2D eigenvalue weighted by molar-refractivity contribution is 4.65. The summed E-state index contributed by atoms with van der Waals surface area (Å²) >= 11 is 0. The number of piperidine rings is 1. The van der Waals surface area contributed by atoms with Crippen molar-refractivity contribution in [2.24, 2.45) is 0 Å². The van der Waals surface area contributed by atoms with E-state index in [-0.39, 0.29) is 0 Å². The zero-order valence-corrected chi connectivity index (χ0v) is 8.31. The lowest BCUT2D eigenvalue weighted by Crippen LogP contribution is -2.35. The van der Waals surface area contributed by atoms with Crippen molar-refractivity contribution in [3.05, 3.63) is 0 Å². The Labute approximate surface area is 76.3 Å². The molecule has 0 aromatic heterocycles. The summed E-state index contributed by atoms with van der Waals surface area (Å²) in [6.45, 7) is 8.47. The van der Waals surface area contributed by atoms with Crippen LogP contribution in [0, 0.1) is 0 Å². The second-order valence-corrected chi connectivity index (χ2v) is 3.65. The first-order valence-corrected chi connectivity index (χ1v) is 5.36. The maximum absolute atomic E-state index is 3.44. The predicted octanol–water partition coefficient (Wildman–Crippen LogP) is 1.47. The minimum Gasteiger partial charge on any atom is -0.315 e. The van der Waals surface area contributed by atoms with Crippen LogP contribution in [0.2, 0.25) is 0 Å². The van der Waals surface area contributed by atoms with Gasteiger partial charge in [0, 0.05) is 13.1 Å². The van der Waals surface area contributed by atoms with Crippen molar-refractivity contribution in [3.63, 3.8) is 0 Å². The number of nitrogens with zero attached hydrogens (tertiary/aromatic N) is 1. The van der Waals surface area contributed by atoms with Crippen LogP contribution in [0.1, 0.15) is 32.6 Å². The molecule has 0 aromatic carbocycles. The Morgan fingerprint density at radius 3 is 2.50 bits per heavy atom. The highest BCUT2D eigenvalue weighted by Gasteiger charge is 2.08. The number of rotatable bonds is 5. The van der Waals surface area contributed by atoms with Crippen molar-refractivity contribution >= 4 is 0 Å². The van der Waals surface area contributed by atoms with Crippen LogP contribution in [0.4, 0.5) is 0 Å². The normalized spacial score (nSPS) is 19.8. The van der Waals surface area contributed by atoms with E-state index in [1.165, 1.54) is 58.4 Å². The Hall–Kier alpha value is -0.0800. The van der Waals surface area contributed by atoms with Gasteiger partial charge < -0.3 is 10.2 Å². The Balaban J connectivity index is 1.91. The zero-order valence-electron chi connectivity index (χ0n) is 8.31. The van der Waals surface area contributed by atoms with Crippen molar-refractivity contribution in [2.45, 2.75) is 32.6 Å². The van der Waals surface area contributed by atoms with Crippen LogP contribution in [-0.4, -0.2) is 37.6 Å². The van der Waals surface area contributed by atoms with Crippen LogP contribution in [0.15, 0.2) is 0 Å². The zero-order chi connectivity index (χ0) is 8.65. The van der Waals surface area contributed by atoms with Gasteiger partial charge in [0.05, 0.1) is 0 Å². The molecule has 1 aliphatic heterocycles. The molecule has 0 radical (unpaired) electrons. The standard InChI is InChI=1S/C10H22N2/c1-2-6-11-7-10-12-8-4-3-5-9-12/h11H,2-10H2,1H3. The number of hydrogen-bond donors (Lipinski definition) is 1. The van der Waals surface area contributed by atoms with Gasteiger partial charge in [-0.1, -0.05) is 13.3 Å². The van der Waals surface area contributed by atoms with E-state index in [0.717, 1.165) is 0 Å². The lowest BCUT2D eigenvalue weighted by molar-refractivity contribution is 0.229. The molecule has 1 fully saturated rings. The van der Waals surface area contributed by atoms with Crippen LogP contribution in [0.3, 0.4) is 0 Å². The number of hydrogen-bond acceptors (Lipinski definition) is 2. The van der Waals surface area contributed by atoms with Crippen LogP contribution in [0.25, 0.3) is 0 Å². The minimum atomic E-state index is 1.17. The van der Waals surface area contributed by atoms with Gasteiger partial charge in [0.1, 0.15) is 0 Å². The number of nitrogens with one attached hydrogen (secondary N) is 1. The van der Waals surface area contributed by atoms with E-state index < -0.39 is 0 Å². The topological polar surface area (TPSA) is 15.3 Å². The molecule has 1 N–H and O–H groups in total. The molecular weight excluding hydrogens is 148 g/mol. The average molecular weight is 170 g/mol. The fourth-order valence-corrected chi connectivity index (χ4v) is 1.72. The van der Waals surface area contributed by atoms with Crippen molar-refractivity contribution in [2.75, 3.05) is 32.7 Å². The van der Waals surface area contributed by atoms with E-state index in [1.807, 2.05) is 0 Å². The number of likely N-dealkylation sites (tertiary alicyclic amines) is 1. The van der Waals surface area contributed by atoms with E-state index in [9.17, 15) is 0 Å². The summed E-state index contributed by atoms with van der Waals surface area (Å²) in [7, 11) is 0. The average Bonchev–Trinajstić information content (AvgIpc) is 2.14. The Morgan fingerprint density at radius 2 is 1.83 bits per heavy atom. The van der Waals surface area contributed by atoms with Gasteiger partial charge in [-0.2, -0.15) is 0 Å². The third-order valence-electron chi connectivity index (χ3n) is 2.48. The second kappa shape index (κ2) is 6.44. The lowest BCUT2D eigenvalue weighted by Gasteiger charge is -2.26. The third kappa shape index (κ3) is 4.07. The van der Waals surface area contributed by atoms with Gasteiger partial charge in [0.25, 0.3) is 0 Å². The fraction of sp³-hybridized carbons (Fsp3) is 1.00. The molecule has 0 aliphatic carbocycles. The first-order chi connectivity index (χ1) is 5.93. The van der Waals surface area contributed by atoms with Crippen molar-refractivity contribution in [3.8, 4) is 0 Å². The molecule has 0 bridgehead atoms. The van der Waals surface area contributed by atoms with Gasteiger partial charge in [-0.15, -0.1) is 0 Å². The maximum atomic E-state index is 3.44. The molecule has 12 heavy (non-hydrogen) atoms. The Morgan fingerprint density at radius 1 is 1.08 bits per heavy atom. The molecule has 0 amide bonds. The molecule has 0 aromatic rings. The van der Waals surface area contributed by atoms with Gasteiger partial charge in [-0.05, 0) is 38.9 Å². The van der Waals surface area contributed by atoms with Gasteiger partial charge in [0.15, 0.2) is 0 Å². The van der Waals surface area contributed by atoms with E-state index in [4.69, 9.17) is 0 Å². The van der Waals surface area contributed by atoms with Gasteiger partial charge in [0.2, 0.25) is 0 Å². The smallest absolute Gasteiger partial charge is 0.0107 e. The predicted molar refractivity (Wildman–Crippen MR) is 53.5 cm³/mol. The monoisotopic (exact) mass is 170 g/mol. The van der Waals surface area contributed by atoms with Gasteiger partial charge in [-0.25, -0.2) is 0 Å². The third-order valence-corrected chi connectivity index (χ3v) is 2.48. The van der Waals surface area contributed by atoms with Gasteiger partial charge >= 0.3 is 0 Å². The summed E-state index contributed by atoms with van der Waals surface area (Å²) in [4.78, 5) is 2.58. The van der Waals surface area contributed by atoms with Gasteiger partial charge in [-0.3, -0.25) is 0 Å². The first kappa shape index (κ1) is 10.0. The molecule has 0 unspecified atom stereocenters. The molecule has 0 atom stereocenters. The van der Waals surface area contributed by atoms with E-state index in [1.54, 1.807) is 0 Å². The summed E-state index contributed by atoms with van der Waals surface area (Å²) in [6, 6.07) is 0.